The standard InChI is InChI=1S/C30H34N4O4S/c1-5-38-30(35)33-39(36,37)27-16-11-19(2)17-25(27)22-12-14-24(15-13-22)34-26-18-20(3)31-21(4)28(26)32-29(34)23-9-7-6-8-10-23/h11-18,23H,5-10H2,1-4H3,(H,33,35). The minimum Gasteiger partial charge on any atom is -0.449 e. The number of nitrogens with zero attached hydrogens (tertiary/aromatic N) is 3. The van der Waals surface area contributed by atoms with Crippen LogP contribution in [0, 0.1) is 20.8 Å². The van der Waals surface area contributed by atoms with Gasteiger partial charge in [0.2, 0.25) is 0 Å². The highest BCUT2D eigenvalue weighted by Gasteiger charge is 2.26. The van der Waals surface area contributed by atoms with Gasteiger partial charge in [-0.3, -0.25) is 9.55 Å². The molecule has 0 bridgehead atoms. The first-order valence-electron chi connectivity index (χ1n) is 13.5. The summed E-state index contributed by atoms with van der Waals surface area (Å²) < 4.78 is 35.2. The number of amides is 1. The van der Waals surface area contributed by atoms with E-state index in [1.165, 1.54) is 25.3 Å². The number of nitrogens with one attached hydrogen (secondary N) is 1. The molecule has 0 saturated heterocycles. The van der Waals surface area contributed by atoms with Crippen molar-refractivity contribution in [3.63, 3.8) is 0 Å². The summed E-state index contributed by atoms with van der Waals surface area (Å²) in [6, 6.07) is 15.0. The van der Waals surface area contributed by atoms with Gasteiger partial charge in [0, 0.05) is 22.9 Å². The molecule has 0 unspecified atom stereocenters. The van der Waals surface area contributed by atoms with Crippen LogP contribution in [-0.2, 0) is 14.8 Å². The van der Waals surface area contributed by atoms with Crippen molar-refractivity contribution in [2.75, 3.05) is 6.61 Å². The van der Waals surface area contributed by atoms with Gasteiger partial charge >= 0.3 is 6.09 Å². The van der Waals surface area contributed by atoms with Gasteiger partial charge in [0.25, 0.3) is 10.0 Å². The molecule has 0 radical (unpaired) electrons. The number of ether oxygens (including phenoxy) is 1. The van der Waals surface area contributed by atoms with E-state index in [0.29, 0.717) is 11.5 Å². The van der Waals surface area contributed by atoms with Crippen LogP contribution in [0.15, 0.2) is 53.4 Å². The summed E-state index contributed by atoms with van der Waals surface area (Å²) in [5.74, 6) is 1.44. The van der Waals surface area contributed by atoms with E-state index in [-0.39, 0.29) is 11.5 Å². The molecule has 2 aromatic carbocycles. The highest BCUT2D eigenvalue weighted by Crippen LogP contribution is 2.37. The second-order valence-electron chi connectivity index (χ2n) is 10.2. The molecule has 9 heteroatoms. The number of sulfonamides is 1. The number of imidazole rings is 1. The third kappa shape index (κ3) is 5.41. The Bertz CT molecular complexity index is 1640. The van der Waals surface area contributed by atoms with Gasteiger partial charge in [0.05, 0.1) is 22.7 Å². The molecule has 1 aliphatic rings. The summed E-state index contributed by atoms with van der Waals surface area (Å²) in [4.78, 5) is 21.7. The third-order valence-electron chi connectivity index (χ3n) is 7.30. The number of benzene rings is 2. The Morgan fingerprint density at radius 3 is 2.41 bits per heavy atom. The third-order valence-corrected chi connectivity index (χ3v) is 8.67. The van der Waals surface area contributed by atoms with Crippen molar-refractivity contribution in [2.24, 2.45) is 0 Å². The Hall–Kier alpha value is -3.72. The van der Waals surface area contributed by atoms with Crippen molar-refractivity contribution in [2.45, 2.75) is 70.6 Å². The molecule has 1 N–H and O–H groups in total. The predicted molar refractivity (Wildman–Crippen MR) is 152 cm³/mol. The van der Waals surface area contributed by atoms with Gasteiger partial charge in [-0.2, -0.15) is 0 Å². The maximum Gasteiger partial charge on any atom is 0.421 e. The van der Waals surface area contributed by atoms with Crippen LogP contribution in [-0.4, -0.2) is 35.7 Å². The first-order valence-corrected chi connectivity index (χ1v) is 14.9. The summed E-state index contributed by atoms with van der Waals surface area (Å²) in [6.07, 6.45) is 4.90. The van der Waals surface area contributed by atoms with Gasteiger partial charge in [-0.05, 0) is 70.4 Å². The van der Waals surface area contributed by atoms with Crippen LogP contribution in [0.2, 0.25) is 0 Å². The van der Waals surface area contributed by atoms with Gasteiger partial charge in [0.15, 0.2) is 0 Å². The molecule has 1 fully saturated rings. The van der Waals surface area contributed by atoms with E-state index >= 15 is 0 Å². The average molecular weight is 547 g/mol. The first kappa shape index (κ1) is 26.9. The van der Waals surface area contributed by atoms with Gasteiger partial charge < -0.3 is 4.74 Å². The van der Waals surface area contributed by atoms with Crippen molar-refractivity contribution in [3.8, 4) is 16.8 Å². The molecule has 1 aliphatic carbocycles. The molecule has 0 aliphatic heterocycles. The molecule has 1 amide bonds. The van der Waals surface area contributed by atoms with Crippen molar-refractivity contribution in [1.29, 1.82) is 0 Å². The van der Waals surface area contributed by atoms with Crippen molar-refractivity contribution < 1.29 is 17.9 Å². The Kier molecular flexibility index (Phi) is 7.44. The van der Waals surface area contributed by atoms with Gasteiger partial charge in [0.1, 0.15) is 11.3 Å². The molecule has 8 nitrogen and oxygen atoms in total. The maximum absolute atomic E-state index is 13.1. The predicted octanol–water partition coefficient (Wildman–Crippen LogP) is 6.50. The van der Waals surface area contributed by atoms with Crippen LogP contribution in [0.1, 0.15) is 67.7 Å². The van der Waals surface area contributed by atoms with Crippen molar-refractivity contribution in [1.82, 2.24) is 19.3 Å². The second-order valence-corrected chi connectivity index (χ2v) is 11.9. The summed E-state index contributed by atoms with van der Waals surface area (Å²) in [5, 5.41) is 0. The molecule has 204 valence electrons. The van der Waals surface area contributed by atoms with Gasteiger partial charge in [-0.25, -0.2) is 22.9 Å². The average Bonchev–Trinajstić information content (AvgIpc) is 3.28. The maximum atomic E-state index is 13.1. The van der Waals surface area contributed by atoms with E-state index < -0.39 is 16.1 Å². The first-order chi connectivity index (χ1) is 18.7. The number of aryl methyl sites for hydroxylation is 3. The molecule has 0 atom stereocenters. The molecule has 0 spiro atoms. The van der Waals surface area contributed by atoms with E-state index in [9.17, 15) is 13.2 Å². The van der Waals surface area contributed by atoms with E-state index in [2.05, 4.69) is 15.6 Å². The SMILES string of the molecule is CCOC(=O)NS(=O)(=O)c1ccc(C)cc1-c1ccc(-n2c(C3CCCCC3)nc3c(C)nc(C)cc32)cc1. The fourth-order valence-corrected chi connectivity index (χ4v) is 6.62. The monoisotopic (exact) mass is 546 g/mol. The van der Waals surface area contributed by atoms with Crippen LogP contribution < -0.4 is 4.72 Å². The molecule has 2 heterocycles. The quantitative estimate of drug-likeness (QED) is 0.296. The summed E-state index contributed by atoms with van der Waals surface area (Å²) in [6.45, 7) is 7.60. The molecule has 1 saturated carbocycles. The number of pyridine rings is 1. The molecular formula is C30H34N4O4S. The zero-order valence-electron chi connectivity index (χ0n) is 22.8. The van der Waals surface area contributed by atoms with E-state index in [1.54, 1.807) is 13.0 Å². The minimum absolute atomic E-state index is 0.0159. The Balaban J connectivity index is 1.60. The van der Waals surface area contributed by atoms with Crippen LogP contribution in [0.5, 0.6) is 0 Å². The Morgan fingerprint density at radius 2 is 1.72 bits per heavy atom. The second kappa shape index (κ2) is 10.8. The molecule has 4 aromatic rings. The number of carbonyl (C=O) groups excluding carboxylic acids is 1. The van der Waals surface area contributed by atoms with Crippen LogP contribution in [0.3, 0.4) is 0 Å². The fraction of sp³-hybridized carbons (Fsp3) is 0.367. The highest BCUT2D eigenvalue weighted by molar-refractivity contribution is 7.90. The summed E-state index contributed by atoms with van der Waals surface area (Å²) >= 11 is 0. The van der Waals surface area contributed by atoms with Crippen LogP contribution in [0.25, 0.3) is 27.8 Å². The Morgan fingerprint density at radius 1 is 1.00 bits per heavy atom. The van der Waals surface area contributed by atoms with Gasteiger partial charge in [-0.1, -0.05) is 49.1 Å². The lowest BCUT2D eigenvalue weighted by Gasteiger charge is -2.22. The lowest BCUT2D eigenvalue weighted by Crippen LogP contribution is -2.31. The minimum atomic E-state index is -4.14. The number of carbonyl (C=O) groups is 1. The zero-order valence-corrected chi connectivity index (χ0v) is 23.6. The highest BCUT2D eigenvalue weighted by atomic mass is 32.2. The topological polar surface area (TPSA) is 103 Å². The largest absolute Gasteiger partial charge is 0.449 e. The molecule has 2 aromatic heterocycles. The van der Waals surface area contributed by atoms with E-state index in [0.717, 1.165) is 57.9 Å². The number of rotatable bonds is 6. The van der Waals surface area contributed by atoms with E-state index in [4.69, 9.17) is 9.72 Å². The van der Waals surface area contributed by atoms with Crippen LogP contribution >= 0.6 is 0 Å². The number of fused-ring (bicyclic) bond motifs is 1. The fourth-order valence-electron chi connectivity index (χ4n) is 5.52. The summed E-state index contributed by atoms with van der Waals surface area (Å²) in [7, 11) is -4.14. The van der Waals surface area contributed by atoms with Gasteiger partial charge in [-0.15, -0.1) is 0 Å². The number of hydrogen-bond donors (Lipinski definition) is 1. The van der Waals surface area contributed by atoms with Crippen molar-refractivity contribution >= 4 is 27.1 Å². The van der Waals surface area contributed by atoms with E-state index in [1.807, 2.05) is 55.8 Å². The normalized spacial score (nSPS) is 14.5. The lowest BCUT2D eigenvalue weighted by molar-refractivity contribution is 0.158. The van der Waals surface area contributed by atoms with Crippen LogP contribution in [0.4, 0.5) is 4.79 Å². The smallest absolute Gasteiger partial charge is 0.421 e. The lowest BCUT2D eigenvalue weighted by atomic mass is 9.88. The van der Waals surface area contributed by atoms with Crippen molar-refractivity contribution in [3.05, 3.63) is 71.3 Å². The zero-order chi connectivity index (χ0) is 27.7. The molecule has 5 rings (SSSR count). The number of aromatic nitrogens is 3. The summed E-state index contributed by atoms with van der Waals surface area (Å²) in [5.41, 5.74) is 6.92. The molecular weight excluding hydrogens is 512 g/mol. The Labute approximate surface area is 229 Å². The number of hydrogen-bond acceptors (Lipinski definition) is 6. The molecule has 39 heavy (non-hydrogen) atoms.